The number of carbonyl (C=O) groups excluding carboxylic acids is 1. The zero-order chi connectivity index (χ0) is 15.1. The number of carbonyl (C=O) groups is 1. The van der Waals surface area contributed by atoms with Crippen LogP contribution in [0.15, 0.2) is 61.2 Å². The number of ether oxygens (including phenoxy) is 1. The first-order valence-corrected chi connectivity index (χ1v) is 6.94. The highest BCUT2D eigenvalue weighted by atomic mass is 35.5. The van der Waals surface area contributed by atoms with E-state index in [-0.39, 0.29) is 12.3 Å². The standard InChI is InChI=1S/C17H16ClNO2/c1-2-10-21-15-8-5-7-14(12-15)19-17(20)11-13-6-3-4-9-16(13)18/h2-9,12H,1,10-11H2,(H,19,20). The van der Waals surface area contributed by atoms with Crippen LogP contribution >= 0.6 is 11.6 Å². The van der Waals surface area contributed by atoms with Crippen molar-refractivity contribution >= 4 is 23.2 Å². The lowest BCUT2D eigenvalue weighted by atomic mass is 10.1. The van der Waals surface area contributed by atoms with Crippen molar-refractivity contribution in [2.45, 2.75) is 6.42 Å². The van der Waals surface area contributed by atoms with E-state index in [2.05, 4.69) is 11.9 Å². The molecule has 0 fully saturated rings. The molecule has 0 aromatic heterocycles. The van der Waals surface area contributed by atoms with Gasteiger partial charge in [0.25, 0.3) is 0 Å². The molecule has 21 heavy (non-hydrogen) atoms. The van der Waals surface area contributed by atoms with Crippen LogP contribution in [0.25, 0.3) is 0 Å². The number of hydrogen-bond donors (Lipinski definition) is 1. The van der Waals surface area contributed by atoms with Crippen LogP contribution in [0.4, 0.5) is 5.69 Å². The Bertz CT molecular complexity index is 640. The van der Waals surface area contributed by atoms with E-state index >= 15 is 0 Å². The Morgan fingerprint density at radius 1 is 1.24 bits per heavy atom. The summed E-state index contributed by atoms with van der Waals surface area (Å²) in [5.41, 5.74) is 1.49. The van der Waals surface area contributed by atoms with E-state index < -0.39 is 0 Å². The van der Waals surface area contributed by atoms with E-state index in [9.17, 15) is 4.79 Å². The molecule has 0 atom stereocenters. The average molecular weight is 302 g/mol. The molecule has 1 N–H and O–H groups in total. The Kier molecular flexibility index (Phi) is 5.41. The molecule has 0 unspecified atom stereocenters. The van der Waals surface area contributed by atoms with E-state index in [1.165, 1.54) is 0 Å². The van der Waals surface area contributed by atoms with Crippen LogP contribution < -0.4 is 10.1 Å². The van der Waals surface area contributed by atoms with E-state index in [1.807, 2.05) is 36.4 Å². The smallest absolute Gasteiger partial charge is 0.228 e. The van der Waals surface area contributed by atoms with Crippen LogP contribution in [0.3, 0.4) is 0 Å². The van der Waals surface area contributed by atoms with Crippen molar-refractivity contribution in [1.29, 1.82) is 0 Å². The summed E-state index contributed by atoms with van der Waals surface area (Å²) in [4.78, 5) is 12.0. The van der Waals surface area contributed by atoms with Gasteiger partial charge in [-0.25, -0.2) is 0 Å². The van der Waals surface area contributed by atoms with Crippen molar-refractivity contribution in [2.24, 2.45) is 0 Å². The second kappa shape index (κ2) is 7.50. The Labute approximate surface area is 129 Å². The molecule has 2 aromatic carbocycles. The van der Waals surface area contributed by atoms with Crippen molar-refractivity contribution in [3.8, 4) is 5.75 Å². The van der Waals surface area contributed by atoms with Crippen molar-refractivity contribution in [1.82, 2.24) is 0 Å². The van der Waals surface area contributed by atoms with Gasteiger partial charge in [-0.3, -0.25) is 4.79 Å². The van der Waals surface area contributed by atoms with Crippen LogP contribution in [-0.2, 0) is 11.2 Å². The van der Waals surface area contributed by atoms with E-state index in [4.69, 9.17) is 16.3 Å². The lowest BCUT2D eigenvalue weighted by molar-refractivity contribution is -0.115. The minimum atomic E-state index is -0.121. The van der Waals surface area contributed by atoms with Gasteiger partial charge in [-0.15, -0.1) is 0 Å². The molecule has 0 heterocycles. The first-order chi connectivity index (χ1) is 10.2. The van der Waals surface area contributed by atoms with Crippen molar-refractivity contribution < 1.29 is 9.53 Å². The third-order valence-corrected chi connectivity index (χ3v) is 3.16. The predicted octanol–water partition coefficient (Wildman–Crippen LogP) is 4.09. The summed E-state index contributed by atoms with van der Waals surface area (Å²) in [6, 6.07) is 14.5. The Morgan fingerprint density at radius 3 is 2.81 bits per heavy atom. The molecule has 0 saturated heterocycles. The minimum absolute atomic E-state index is 0.121. The second-order valence-electron chi connectivity index (χ2n) is 4.44. The quantitative estimate of drug-likeness (QED) is 0.816. The third-order valence-electron chi connectivity index (χ3n) is 2.79. The maximum Gasteiger partial charge on any atom is 0.228 e. The molecular weight excluding hydrogens is 286 g/mol. The van der Waals surface area contributed by atoms with Crippen molar-refractivity contribution in [3.05, 3.63) is 71.8 Å². The summed E-state index contributed by atoms with van der Waals surface area (Å²) in [6.45, 7) is 4.02. The number of benzene rings is 2. The Hall–Kier alpha value is -2.26. The lowest BCUT2D eigenvalue weighted by Gasteiger charge is -2.08. The van der Waals surface area contributed by atoms with Crippen LogP contribution in [0.1, 0.15) is 5.56 Å². The fraction of sp³-hybridized carbons (Fsp3) is 0.118. The highest BCUT2D eigenvalue weighted by molar-refractivity contribution is 6.31. The molecule has 0 aliphatic rings. The third kappa shape index (κ3) is 4.65. The van der Waals surface area contributed by atoms with Gasteiger partial charge in [0, 0.05) is 16.8 Å². The van der Waals surface area contributed by atoms with Gasteiger partial charge in [0.2, 0.25) is 5.91 Å². The first kappa shape index (κ1) is 15.1. The predicted molar refractivity (Wildman–Crippen MR) is 85.9 cm³/mol. The Balaban J connectivity index is 1.99. The monoisotopic (exact) mass is 301 g/mol. The van der Waals surface area contributed by atoms with Gasteiger partial charge in [-0.1, -0.05) is 48.5 Å². The van der Waals surface area contributed by atoms with Gasteiger partial charge in [0.1, 0.15) is 12.4 Å². The number of nitrogens with one attached hydrogen (secondary N) is 1. The first-order valence-electron chi connectivity index (χ1n) is 6.56. The summed E-state index contributed by atoms with van der Waals surface area (Å²) in [5, 5.41) is 3.42. The minimum Gasteiger partial charge on any atom is -0.489 e. The van der Waals surface area contributed by atoms with Crippen LogP contribution in [0.2, 0.25) is 5.02 Å². The molecule has 0 aliphatic heterocycles. The molecule has 0 radical (unpaired) electrons. The van der Waals surface area contributed by atoms with Gasteiger partial charge in [0.15, 0.2) is 0 Å². The maximum atomic E-state index is 12.0. The van der Waals surface area contributed by atoms with Gasteiger partial charge in [-0.2, -0.15) is 0 Å². The van der Waals surface area contributed by atoms with Crippen molar-refractivity contribution in [2.75, 3.05) is 11.9 Å². The summed E-state index contributed by atoms with van der Waals surface area (Å²) >= 11 is 6.04. The van der Waals surface area contributed by atoms with E-state index in [0.29, 0.717) is 23.1 Å². The molecule has 0 aliphatic carbocycles. The molecule has 108 valence electrons. The van der Waals surface area contributed by atoms with Crippen molar-refractivity contribution in [3.63, 3.8) is 0 Å². The Morgan fingerprint density at radius 2 is 2.05 bits per heavy atom. The normalized spacial score (nSPS) is 9.95. The molecule has 2 rings (SSSR count). The number of halogens is 1. The van der Waals surface area contributed by atoms with Crippen LogP contribution in [-0.4, -0.2) is 12.5 Å². The summed E-state index contributed by atoms with van der Waals surface area (Å²) in [5.74, 6) is 0.564. The zero-order valence-electron chi connectivity index (χ0n) is 11.5. The molecule has 0 bridgehead atoms. The fourth-order valence-electron chi connectivity index (χ4n) is 1.84. The number of anilines is 1. The molecule has 1 amide bonds. The highest BCUT2D eigenvalue weighted by Crippen LogP contribution is 2.19. The van der Waals surface area contributed by atoms with Gasteiger partial charge < -0.3 is 10.1 Å². The fourth-order valence-corrected chi connectivity index (χ4v) is 2.04. The van der Waals surface area contributed by atoms with Gasteiger partial charge in [0.05, 0.1) is 6.42 Å². The number of hydrogen-bond acceptors (Lipinski definition) is 2. The van der Waals surface area contributed by atoms with Gasteiger partial charge in [-0.05, 0) is 23.8 Å². The largest absolute Gasteiger partial charge is 0.489 e. The lowest BCUT2D eigenvalue weighted by Crippen LogP contribution is -2.14. The van der Waals surface area contributed by atoms with Crippen LogP contribution in [0.5, 0.6) is 5.75 Å². The molecule has 2 aromatic rings. The topological polar surface area (TPSA) is 38.3 Å². The van der Waals surface area contributed by atoms with Crippen LogP contribution in [0, 0.1) is 0 Å². The number of amides is 1. The molecule has 0 saturated carbocycles. The summed E-state index contributed by atoms with van der Waals surface area (Å²) in [6.07, 6.45) is 1.90. The molecule has 3 nitrogen and oxygen atoms in total. The molecule has 4 heteroatoms. The van der Waals surface area contributed by atoms with Gasteiger partial charge >= 0.3 is 0 Å². The summed E-state index contributed by atoms with van der Waals surface area (Å²) < 4.78 is 5.42. The second-order valence-corrected chi connectivity index (χ2v) is 4.85. The molecule has 0 spiro atoms. The maximum absolute atomic E-state index is 12.0. The number of rotatable bonds is 6. The van der Waals surface area contributed by atoms with E-state index in [1.54, 1.807) is 18.2 Å². The highest BCUT2D eigenvalue weighted by Gasteiger charge is 2.07. The average Bonchev–Trinajstić information content (AvgIpc) is 2.48. The summed E-state index contributed by atoms with van der Waals surface area (Å²) in [7, 11) is 0. The SMILES string of the molecule is C=CCOc1cccc(NC(=O)Cc2ccccc2Cl)c1. The zero-order valence-corrected chi connectivity index (χ0v) is 12.3. The molecular formula is C17H16ClNO2. The van der Waals surface area contributed by atoms with E-state index in [0.717, 1.165) is 5.56 Å².